The number of para-hydroxylation sites is 5. The van der Waals surface area contributed by atoms with E-state index >= 15 is 0 Å². The van der Waals surface area contributed by atoms with E-state index in [0.29, 0.717) is 0 Å². The van der Waals surface area contributed by atoms with Gasteiger partial charge < -0.3 is 9.80 Å². The van der Waals surface area contributed by atoms with Gasteiger partial charge in [-0.3, -0.25) is 14.8 Å². The van der Waals surface area contributed by atoms with Crippen LogP contribution in [-0.4, -0.2) is 28.4 Å². The van der Waals surface area contributed by atoms with Crippen molar-refractivity contribution in [2.45, 2.75) is 0 Å². The maximum absolute atomic E-state index is 5.16. The molecular formula is C51H33B2N7. The third kappa shape index (κ3) is 4.60. The highest BCUT2D eigenvalue weighted by Crippen LogP contribution is 2.47. The van der Waals surface area contributed by atoms with Gasteiger partial charge in [0.2, 0.25) is 0 Å². The fourth-order valence-electron chi connectivity index (χ4n) is 10.3. The number of nitrogens with zero attached hydrogens (tertiary/aromatic N) is 7. The Balaban J connectivity index is 1.14. The zero-order chi connectivity index (χ0) is 39.3. The lowest BCUT2D eigenvalue weighted by atomic mass is 9.30. The molecule has 2 aromatic heterocycles. The summed E-state index contributed by atoms with van der Waals surface area (Å²) >= 11 is 0. The molecule has 7 aromatic carbocycles. The highest BCUT2D eigenvalue weighted by atomic mass is 15.3. The van der Waals surface area contributed by atoms with Gasteiger partial charge in [-0.25, -0.2) is 9.97 Å². The largest absolute Gasteiger partial charge is 0.311 e. The van der Waals surface area contributed by atoms with Crippen molar-refractivity contribution in [3.05, 3.63) is 201 Å². The van der Waals surface area contributed by atoms with E-state index in [9.17, 15) is 0 Å². The van der Waals surface area contributed by atoms with Crippen molar-refractivity contribution in [1.29, 1.82) is 0 Å². The van der Waals surface area contributed by atoms with Gasteiger partial charge in [-0.15, -0.1) is 0 Å². The summed E-state index contributed by atoms with van der Waals surface area (Å²) in [6, 6.07) is 65.5. The number of hydrogen-bond donors (Lipinski definition) is 0. The van der Waals surface area contributed by atoms with Gasteiger partial charge >= 0.3 is 0 Å². The molecule has 6 heterocycles. The number of fused-ring (bicyclic) bond motifs is 8. The zero-order valence-electron chi connectivity index (χ0n) is 32.3. The quantitative estimate of drug-likeness (QED) is 0.168. The summed E-state index contributed by atoms with van der Waals surface area (Å²) in [7, 11) is 0. The minimum absolute atomic E-state index is 0.0385. The van der Waals surface area contributed by atoms with Gasteiger partial charge in [0, 0.05) is 74.7 Å². The maximum Gasteiger partial charge on any atom is 0.258 e. The number of rotatable bonds is 4. The summed E-state index contributed by atoms with van der Waals surface area (Å²) in [6.45, 7) is -0.218. The molecule has 0 N–H and O–H groups in total. The van der Waals surface area contributed by atoms with Gasteiger partial charge in [-0.1, -0.05) is 103 Å². The molecule has 60 heavy (non-hydrogen) atoms. The standard InChI is InChI=1S/C51H33B2N7/c1-5-16-34(17-6-1)57-42-25-14-13-24-38(42)52-39-30-40-47(31-46(39)58(35-18-7-2-8-19-35)45-27-15-26-44(57)48(45)52)60(37-22-11-4-12-23-37)51-49-50(55-33-56-51)59(36-20-9-3-10-21-36)43-28-29-54-32-41(43)53(40)49/h1-33H. The number of benzene rings is 7. The third-order valence-electron chi connectivity index (χ3n) is 12.6. The van der Waals surface area contributed by atoms with Crippen LogP contribution in [0.15, 0.2) is 201 Å². The molecule has 4 aliphatic rings. The van der Waals surface area contributed by atoms with Crippen LogP contribution in [0.25, 0.3) is 0 Å². The van der Waals surface area contributed by atoms with Gasteiger partial charge in [0.25, 0.3) is 13.4 Å². The van der Waals surface area contributed by atoms with Crippen LogP contribution in [0.1, 0.15) is 0 Å². The summed E-state index contributed by atoms with van der Waals surface area (Å²) in [6.07, 6.45) is 5.66. The first-order valence-corrected chi connectivity index (χ1v) is 20.4. The number of aromatic nitrogens is 3. The molecular weight excluding hydrogens is 732 g/mol. The Kier molecular flexibility index (Phi) is 7.06. The predicted molar refractivity (Wildman–Crippen MR) is 248 cm³/mol. The Labute approximate surface area is 348 Å². The highest BCUT2D eigenvalue weighted by molar-refractivity contribution is 7.03. The van der Waals surface area contributed by atoms with Crippen LogP contribution in [0, 0.1) is 0 Å². The molecule has 0 radical (unpaired) electrons. The average Bonchev–Trinajstić information content (AvgIpc) is 3.32. The number of hydrogen-bond acceptors (Lipinski definition) is 7. The van der Waals surface area contributed by atoms with Crippen LogP contribution in [0.5, 0.6) is 0 Å². The van der Waals surface area contributed by atoms with Crippen molar-refractivity contribution in [1.82, 2.24) is 15.0 Å². The number of anilines is 12. The molecule has 9 aromatic rings. The zero-order valence-corrected chi connectivity index (χ0v) is 32.3. The molecule has 0 spiro atoms. The SMILES string of the molecule is c1ccc(N2c3ccccc3B3c4cc5c(cc4N(c4ccccc4)c4cccc2c43)N(c2ccccc2)c2ncnc3c2B5c2cnccc2N3c2ccccc2)cc1. The summed E-state index contributed by atoms with van der Waals surface area (Å²) in [4.78, 5) is 24.6. The Bertz CT molecular complexity index is 2940. The molecule has 4 aliphatic heterocycles. The fraction of sp³-hybridized carbons (Fsp3) is 0. The van der Waals surface area contributed by atoms with E-state index in [0.717, 1.165) is 62.4 Å². The molecule has 0 unspecified atom stereocenters. The molecule has 278 valence electrons. The Morgan fingerprint density at radius 2 is 0.783 bits per heavy atom. The summed E-state index contributed by atoms with van der Waals surface area (Å²) in [5.41, 5.74) is 18.3. The average molecular weight is 765 g/mol. The third-order valence-corrected chi connectivity index (χ3v) is 12.6. The van der Waals surface area contributed by atoms with Gasteiger partial charge in [0.15, 0.2) is 0 Å². The van der Waals surface area contributed by atoms with Gasteiger partial charge in [-0.05, 0) is 106 Å². The second kappa shape index (κ2) is 12.8. The molecule has 0 fully saturated rings. The molecule has 0 saturated heterocycles. The lowest BCUT2D eigenvalue weighted by Crippen LogP contribution is -2.65. The van der Waals surface area contributed by atoms with E-state index in [-0.39, 0.29) is 13.4 Å². The van der Waals surface area contributed by atoms with Gasteiger partial charge in [0.05, 0.1) is 0 Å². The van der Waals surface area contributed by atoms with E-state index in [4.69, 9.17) is 15.0 Å². The van der Waals surface area contributed by atoms with Crippen molar-refractivity contribution in [2.24, 2.45) is 0 Å². The minimum atomic E-state index is -0.179. The summed E-state index contributed by atoms with van der Waals surface area (Å²) in [5, 5.41) is 0. The summed E-state index contributed by atoms with van der Waals surface area (Å²) < 4.78 is 0. The van der Waals surface area contributed by atoms with Crippen molar-refractivity contribution in [3.8, 4) is 0 Å². The smallest absolute Gasteiger partial charge is 0.258 e. The van der Waals surface area contributed by atoms with E-state index in [1.807, 2.05) is 12.4 Å². The van der Waals surface area contributed by atoms with Crippen LogP contribution < -0.4 is 52.4 Å². The van der Waals surface area contributed by atoms with Crippen molar-refractivity contribution in [3.63, 3.8) is 0 Å². The minimum Gasteiger partial charge on any atom is -0.311 e. The Hall–Kier alpha value is -7.90. The lowest BCUT2D eigenvalue weighted by molar-refractivity contribution is 1.09. The Morgan fingerprint density at radius 1 is 0.333 bits per heavy atom. The second-order valence-corrected chi connectivity index (χ2v) is 15.7. The molecule has 13 rings (SSSR count). The topological polar surface area (TPSA) is 51.6 Å². The van der Waals surface area contributed by atoms with E-state index in [2.05, 4.69) is 202 Å². The molecule has 0 amide bonds. The molecule has 0 atom stereocenters. The predicted octanol–water partition coefficient (Wildman–Crippen LogP) is 8.04. The van der Waals surface area contributed by atoms with Crippen LogP contribution in [-0.2, 0) is 0 Å². The Morgan fingerprint density at radius 3 is 1.38 bits per heavy atom. The highest BCUT2D eigenvalue weighted by Gasteiger charge is 2.48. The van der Waals surface area contributed by atoms with Crippen molar-refractivity contribution in [2.75, 3.05) is 19.6 Å². The van der Waals surface area contributed by atoms with E-state index < -0.39 is 0 Å². The molecule has 0 aliphatic carbocycles. The first-order valence-electron chi connectivity index (χ1n) is 20.4. The molecule has 0 bridgehead atoms. The monoisotopic (exact) mass is 765 g/mol. The van der Waals surface area contributed by atoms with Crippen molar-refractivity contribution < 1.29 is 0 Å². The van der Waals surface area contributed by atoms with Crippen LogP contribution in [0.2, 0.25) is 0 Å². The van der Waals surface area contributed by atoms with E-state index in [1.54, 1.807) is 6.33 Å². The first-order chi connectivity index (χ1) is 29.8. The molecule has 7 nitrogen and oxygen atoms in total. The number of pyridine rings is 1. The van der Waals surface area contributed by atoms with E-state index in [1.165, 1.54) is 38.9 Å². The molecule has 0 saturated carbocycles. The fourth-order valence-corrected chi connectivity index (χ4v) is 10.3. The first kappa shape index (κ1) is 33.1. The van der Waals surface area contributed by atoms with Gasteiger partial charge in [-0.2, -0.15) is 0 Å². The molecule has 9 heteroatoms. The normalized spacial score (nSPS) is 13.8. The summed E-state index contributed by atoms with van der Waals surface area (Å²) in [5.74, 6) is 1.74. The van der Waals surface area contributed by atoms with Crippen LogP contribution in [0.4, 0.5) is 68.5 Å². The lowest BCUT2D eigenvalue weighted by Gasteiger charge is -2.46. The van der Waals surface area contributed by atoms with Crippen LogP contribution >= 0.6 is 0 Å². The maximum atomic E-state index is 5.16. The van der Waals surface area contributed by atoms with Gasteiger partial charge in [0.1, 0.15) is 18.0 Å². The van der Waals surface area contributed by atoms with Crippen molar-refractivity contribution >= 4 is 115 Å². The second-order valence-electron chi connectivity index (χ2n) is 15.7. The van der Waals surface area contributed by atoms with Crippen LogP contribution in [0.3, 0.4) is 0 Å².